The third-order valence-corrected chi connectivity index (χ3v) is 12.7. The standard InChI is InChI=1S/C18H23NO2.C18H25N.2CO2/c1-2-17-12-18(8-9-18)15(17)10-19(13-17)16(20)21-11-14-6-4-3-5-7-14;1-3-17-12-18(9-10-18)16(17)11-19(13-17)14(2)15-7-5-4-6-8-15;2*2-1-3/h3-7,15H,2,8-13H2,1H3;4-8,14,16H,3,9-13H2,1-2H3;;/t15-,17+;14-,16+,17-;;/m10../s1. The maximum Gasteiger partial charge on any atom is 0.410 e. The molecule has 4 saturated carbocycles. The second-order valence-corrected chi connectivity index (χ2v) is 14.7. The van der Waals surface area contributed by atoms with Crippen molar-refractivity contribution in [1.29, 1.82) is 0 Å². The Morgan fingerprint density at radius 3 is 1.76 bits per heavy atom. The number of fused-ring (bicyclic) bond motifs is 4. The summed E-state index contributed by atoms with van der Waals surface area (Å²) in [6.45, 7) is 12.0. The molecule has 2 aromatic rings. The maximum absolute atomic E-state index is 12.3. The summed E-state index contributed by atoms with van der Waals surface area (Å²) in [5.41, 5.74) is 5.05. The van der Waals surface area contributed by atoms with Crippen LogP contribution in [-0.4, -0.2) is 54.4 Å². The Labute approximate surface area is 272 Å². The van der Waals surface area contributed by atoms with Crippen LogP contribution in [0.1, 0.15) is 89.3 Å². The highest BCUT2D eigenvalue weighted by Gasteiger charge is 2.71. The molecule has 4 aliphatic carbocycles. The monoisotopic (exact) mass is 628 g/mol. The molecular formula is C38H48N2O6. The zero-order chi connectivity index (χ0) is 33.0. The van der Waals surface area contributed by atoms with E-state index in [0.717, 1.165) is 35.9 Å². The topological polar surface area (TPSA) is 101 Å². The average Bonchev–Trinajstić information content (AvgIpc) is 4.00. The minimum Gasteiger partial charge on any atom is -0.445 e. The van der Waals surface area contributed by atoms with Crippen LogP contribution in [0.2, 0.25) is 0 Å². The number of likely N-dealkylation sites (tertiary alicyclic amines) is 2. The van der Waals surface area contributed by atoms with Crippen molar-refractivity contribution in [1.82, 2.24) is 9.80 Å². The molecule has 2 aliphatic heterocycles. The third-order valence-electron chi connectivity index (χ3n) is 12.7. The minimum absolute atomic E-state index is 0.128. The average molecular weight is 629 g/mol. The van der Waals surface area contributed by atoms with Crippen molar-refractivity contribution in [3.8, 4) is 0 Å². The van der Waals surface area contributed by atoms with E-state index in [1.165, 1.54) is 70.0 Å². The van der Waals surface area contributed by atoms with Crippen LogP contribution in [0, 0.1) is 33.5 Å². The fourth-order valence-electron chi connectivity index (χ4n) is 9.93. The normalized spacial score (nSPS) is 30.0. The highest BCUT2D eigenvalue weighted by Crippen LogP contribution is 2.76. The third kappa shape index (κ3) is 6.36. The van der Waals surface area contributed by atoms with E-state index in [-0.39, 0.29) is 18.4 Å². The lowest BCUT2D eigenvalue weighted by atomic mass is 9.52. The van der Waals surface area contributed by atoms with Crippen molar-refractivity contribution in [3.63, 3.8) is 0 Å². The number of amides is 1. The molecule has 246 valence electrons. The molecule has 2 aromatic carbocycles. The summed E-state index contributed by atoms with van der Waals surface area (Å²) in [6.07, 6.45) is 11.6. The Hall–Kier alpha value is -3.57. The molecule has 0 N–H and O–H groups in total. The van der Waals surface area contributed by atoms with Gasteiger partial charge in [0, 0.05) is 32.2 Å². The first-order chi connectivity index (χ1) is 22.2. The SMILES string of the molecule is CC[C@]12CN(C(=O)OCc3ccccc3)C[C@H]1C1(CC1)C2.CC[C@]12CN([C@@H](C)c3ccccc3)C[C@H]1C1(CC1)C2.O=C=O.O=C=O. The van der Waals surface area contributed by atoms with Crippen LogP contribution < -0.4 is 0 Å². The number of rotatable bonds is 6. The Kier molecular flexibility index (Phi) is 10.0. The van der Waals surface area contributed by atoms with E-state index in [1.54, 1.807) is 0 Å². The molecule has 0 unspecified atom stereocenters. The second kappa shape index (κ2) is 13.7. The summed E-state index contributed by atoms with van der Waals surface area (Å²) < 4.78 is 5.50. The molecule has 0 radical (unpaired) electrons. The first-order valence-electron chi connectivity index (χ1n) is 16.9. The van der Waals surface area contributed by atoms with E-state index < -0.39 is 0 Å². The lowest BCUT2D eigenvalue weighted by molar-refractivity contribution is -0.193. The van der Waals surface area contributed by atoms with Gasteiger partial charge in [-0.2, -0.15) is 19.2 Å². The first kappa shape index (κ1) is 33.8. The molecule has 5 atom stereocenters. The van der Waals surface area contributed by atoms with Crippen LogP contribution in [0.15, 0.2) is 60.7 Å². The summed E-state index contributed by atoms with van der Waals surface area (Å²) in [4.78, 5) is 49.6. The lowest BCUT2D eigenvalue weighted by Gasteiger charge is -2.52. The predicted octanol–water partition coefficient (Wildman–Crippen LogP) is 6.93. The molecule has 46 heavy (non-hydrogen) atoms. The smallest absolute Gasteiger partial charge is 0.410 e. The minimum atomic E-state index is -0.128. The van der Waals surface area contributed by atoms with Crippen molar-refractivity contribution in [2.45, 2.75) is 84.8 Å². The van der Waals surface area contributed by atoms with Crippen molar-refractivity contribution in [2.24, 2.45) is 33.5 Å². The number of carbonyl (C=O) groups is 1. The quantitative estimate of drug-likeness (QED) is 0.342. The summed E-state index contributed by atoms with van der Waals surface area (Å²) in [5.74, 6) is 1.75. The van der Waals surface area contributed by atoms with E-state index >= 15 is 0 Å². The number of hydrogen-bond acceptors (Lipinski definition) is 7. The molecule has 6 aliphatic rings. The van der Waals surface area contributed by atoms with E-state index in [1.807, 2.05) is 35.2 Å². The van der Waals surface area contributed by atoms with Crippen LogP contribution in [-0.2, 0) is 30.5 Å². The summed E-state index contributed by atoms with van der Waals surface area (Å²) >= 11 is 0. The highest BCUT2D eigenvalue weighted by atomic mass is 16.6. The van der Waals surface area contributed by atoms with Gasteiger partial charge in [0.15, 0.2) is 0 Å². The van der Waals surface area contributed by atoms with Gasteiger partial charge >= 0.3 is 18.4 Å². The van der Waals surface area contributed by atoms with Crippen molar-refractivity contribution in [3.05, 3.63) is 71.8 Å². The Balaban J connectivity index is 0.000000156. The van der Waals surface area contributed by atoms with Crippen LogP contribution in [0.5, 0.6) is 0 Å². The molecule has 2 heterocycles. The van der Waals surface area contributed by atoms with Crippen molar-refractivity contribution >= 4 is 18.4 Å². The van der Waals surface area contributed by atoms with Gasteiger partial charge in [0.05, 0.1) is 0 Å². The van der Waals surface area contributed by atoms with Gasteiger partial charge in [-0.3, -0.25) is 4.90 Å². The van der Waals surface area contributed by atoms with Gasteiger partial charge in [-0.15, -0.1) is 0 Å². The zero-order valence-corrected chi connectivity index (χ0v) is 27.5. The van der Waals surface area contributed by atoms with Crippen molar-refractivity contribution < 1.29 is 28.7 Å². The Morgan fingerprint density at radius 2 is 1.26 bits per heavy atom. The van der Waals surface area contributed by atoms with Gasteiger partial charge < -0.3 is 9.64 Å². The van der Waals surface area contributed by atoms with Gasteiger partial charge in [0.2, 0.25) is 0 Å². The summed E-state index contributed by atoms with van der Waals surface area (Å²) in [5, 5.41) is 0. The van der Waals surface area contributed by atoms with Gasteiger partial charge in [-0.05, 0) is 103 Å². The van der Waals surface area contributed by atoms with E-state index in [9.17, 15) is 4.79 Å². The molecule has 1 amide bonds. The Bertz CT molecular complexity index is 1400. The number of hydrogen-bond donors (Lipinski definition) is 0. The molecule has 8 rings (SSSR count). The van der Waals surface area contributed by atoms with Gasteiger partial charge in [-0.1, -0.05) is 74.5 Å². The molecule has 8 nitrogen and oxygen atoms in total. The molecular weight excluding hydrogens is 580 g/mol. The van der Waals surface area contributed by atoms with Crippen LogP contribution in [0.25, 0.3) is 0 Å². The largest absolute Gasteiger partial charge is 0.445 e. The Morgan fingerprint density at radius 1 is 0.783 bits per heavy atom. The second-order valence-electron chi connectivity index (χ2n) is 14.7. The number of carbonyl (C=O) groups excluding carboxylic acids is 5. The molecule has 0 bridgehead atoms. The molecule has 2 saturated heterocycles. The van der Waals surface area contributed by atoms with Gasteiger partial charge in [0.25, 0.3) is 0 Å². The number of benzene rings is 2. The van der Waals surface area contributed by atoms with Crippen LogP contribution in [0.3, 0.4) is 0 Å². The fraction of sp³-hybridized carbons (Fsp3) is 0.605. The number of nitrogens with zero attached hydrogens (tertiary/aromatic N) is 2. The molecule has 8 heteroatoms. The first-order valence-corrected chi connectivity index (χ1v) is 16.9. The maximum atomic E-state index is 12.3. The molecule has 2 spiro atoms. The van der Waals surface area contributed by atoms with Gasteiger partial charge in [0.1, 0.15) is 6.61 Å². The van der Waals surface area contributed by atoms with E-state index in [4.69, 9.17) is 23.9 Å². The zero-order valence-electron chi connectivity index (χ0n) is 27.5. The highest BCUT2D eigenvalue weighted by molar-refractivity contribution is 5.68. The lowest BCUT2D eigenvalue weighted by Crippen LogP contribution is -2.48. The number of ether oxygens (including phenoxy) is 1. The predicted molar refractivity (Wildman–Crippen MR) is 170 cm³/mol. The summed E-state index contributed by atoms with van der Waals surface area (Å²) in [6, 6.07) is 21.5. The van der Waals surface area contributed by atoms with Gasteiger partial charge in [-0.25, -0.2) is 4.79 Å². The summed E-state index contributed by atoms with van der Waals surface area (Å²) in [7, 11) is 0. The van der Waals surface area contributed by atoms with E-state index in [0.29, 0.717) is 28.9 Å². The van der Waals surface area contributed by atoms with Crippen LogP contribution >= 0.6 is 0 Å². The van der Waals surface area contributed by atoms with Crippen molar-refractivity contribution in [2.75, 3.05) is 26.2 Å². The molecule has 0 aromatic heterocycles. The molecule has 6 fully saturated rings. The van der Waals surface area contributed by atoms with Crippen LogP contribution in [0.4, 0.5) is 4.79 Å². The van der Waals surface area contributed by atoms with E-state index in [2.05, 4.69) is 56.0 Å². The fourth-order valence-corrected chi connectivity index (χ4v) is 9.93.